The van der Waals surface area contributed by atoms with Gasteiger partial charge in [0, 0.05) is 32.4 Å². The van der Waals surface area contributed by atoms with Crippen molar-refractivity contribution >= 4 is 50.9 Å². The first kappa shape index (κ1) is 19.1. The van der Waals surface area contributed by atoms with Gasteiger partial charge < -0.3 is 4.42 Å². The fourth-order valence-corrected chi connectivity index (χ4v) is 6.27. The molecular formula is C27H16ClN3OS. The van der Waals surface area contributed by atoms with Gasteiger partial charge in [-0.15, -0.1) is 11.8 Å². The van der Waals surface area contributed by atoms with Crippen LogP contribution in [0.4, 0.5) is 0 Å². The number of hydrogen-bond donors (Lipinski definition) is 0. The van der Waals surface area contributed by atoms with Crippen LogP contribution < -0.4 is 0 Å². The van der Waals surface area contributed by atoms with E-state index in [1.54, 1.807) is 0 Å². The highest BCUT2D eigenvalue weighted by Crippen LogP contribution is 2.49. The number of aromatic nitrogens is 3. The van der Waals surface area contributed by atoms with Crippen LogP contribution in [0.25, 0.3) is 38.9 Å². The number of rotatable bonds is 2. The van der Waals surface area contributed by atoms with Crippen LogP contribution in [-0.2, 0) is 0 Å². The molecule has 0 spiro atoms. The Bertz CT molecular complexity index is 1640. The molecule has 4 nitrogen and oxygen atoms in total. The van der Waals surface area contributed by atoms with E-state index >= 15 is 0 Å². The molecule has 0 fully saturated rings. The lowest BCUT2D eigenvalue weighted by atomic mass is 9.90. The highest BCUT2D eigenvalue weighted by molar-refractivity contribution is 8.00. The van der Waals surface area contributed by atoms with Crippen molar-refractivity contribution in [2.75, 3.05) is 0 Å². The molecule has 0 amide bonds. The van der Waals surface area contributed by atoms with Gasteiger partial charge >= 0.3 is 0 Å². The second-order valence-corrected chi connectivity index (χ2v) is 9.72. The fraction of sp³-hybridized carbons (Fsp3) is 0.0741. The third kappa shape index (κ3) is 3.04. The average molecular weight is 466 g/mol. The van der Waals surface area contributed by atoms with Crippen molar-refractivity contribution in [1.29, 1.82) is 0 Å². The van der Waals surface area contributed by atoms with Crippen LogP contribution in [-0.4, -0.2) is 20.2 Å². The molecule has 2 aromatic heterocycles. The lowest BCUT2D eigenvalue weighted by Gasteiger charge is -2.18. The van der Waals surface area contributed by atoms with Crippen molar-refractivity contribution in [3.05, 3.63) is 102 Å². The van der Waals surface area contributed by atoms with Crippen molar-refractivity contribution in [3.63, 3.8) is 0 Å². The van der Waals surface area contributed by atoms with E-state index in [4.69, 9.17) is 21.0 Å². The van der Waals surface area contributed by atoms with E-state index in [9.17, 15) is 0 Å². The topological polar surface area (TPSA) is 51.8 Å². The molecular weight excluding hydrogens is 450 g/mol. The Kier molecular flexibility index (Phi) is 4.23. The summed E-state index contributed by atoms with van der Waals surface area (Å²) in [6, 6.07) is 22.6. The Morgan fingerprint density at radius 2 is 1.64 bits per heavy atom. The molecule has 33 heavy (non-hydrogen) atoms. The van der Waals surface area contributed by atoms with Crippen molar-refractivity contribution in [3.8, 4) is 11.4 Å². The minimum absolute atomic E-state index is 0.168. The number of thioether (sulfide) groups is 1. The van der Waals surface area contributed by atoms with Crippen LogP contribution in [0.3, 0.4) is 0 Å². The third-order valence-corrected chi connectivity index (χ3v) is 7.73. The number of furan rings is 1. The second-order valence-electron chi connectivity index (χ2n) is 8.16. The van der Waals surface area contributed by atoms with Gasteiger partial charge in [-0.25, -0.2) is 4.98 Å². The molecule has 0 saturated carbocycles. The van der Waals surface area contributed by atoms with Crippen LogP contribution in [0.5, 0.6) is 0 Å². The second kappa shape index (κ2) is 7.30. The van der Waals surface area contributed by atoms with E-state index in [-0.39, 0.29) is 5.28 Å². The van der Waals surface area contributed by atoms with E-state index in [0.717, 1.165) is 33.1 Å². The summed E-state index contributed by atoms with van der Waals surface area (Å²) in [5.74, 6) is 1.45. The molecule has 1 aliphatic carbocycles. The molecule has 2 unspecified atom stereocenters. The normalized spacial score (nSPS) is 19.0. The molecule has 7 rings (SSSR count). The number of fused-ring (bicyclic) bond motifs is 6. The van der Waals surface area contributed by atoms with Gasteiger partial charge in [-0.2, -0.15) is 9.97 Å². The number of nitrogens with zero attached hydrogens (tertiary/aromatic N) is 3. The predicted octanol–water partition coefficient (Wildman–Crippen LogP) is 7.30. The van der Waals surface area contributed by atoms with Gasteiger partial charge in [0.1, 0.15) is 11.2 Å². The minimum Gasteiger partial charge on any atom is -0.455 e. The summed E-state index contributed by atoms with van der Waals surface area (Å²) in [6.07, 6.45) is 6.59. The summed E-state index contributed by atoms with van der Waals surface area (Å²) in [4.78, 5) is 15.0. The number of halogens is 1. The fourth-order valence-electron chi connectivity index (χ4n) is 4.72. The van der Waals surface area contributed by atoms with Crippen LogP contribution in [0.1, 0.15) is 17.3 Å². The minimum atomic E-state index is 0.168. The van der Waals surface area contributed by atoms with Crippen LogP contribution in [0.15, 0.2) is 94.3 Å². The number of hydrogen-bond acceptors (Lipinski definition) is 5. The summed E-state index contributed by atoms with van der Waals surface area (Å²) in [7, 11) is 0. The standard InChI is InChI=1S/C27H16ClN3OS/c28-27-30-25(15-12-13-18-17-7-2-4-11-22(17)33-23(18)14-15)29-26(31-27)20-9-5-8-19-16-6-1-3-10-21(16)32-24(19)20/h1-14,18,23H. The molecule has 0 saturated heterocycles. The molecule has 0 N–H and O–H groups in total. The summed E-state index contributed by atoms with van der Waals surface area (Å²) < 4.78 is 6.18. The van der Waals surface area contributed by atoms with Gasteiger partial charge in [-0.3, -0.25) is 0 Å². The maximum atomic E-state index is 6.38. The molecule has 2 aliphatic rings. The zero-order valence-corrected chi connectivity index (χ0v) is 18.8. The Morgan fingerprint density at radius 1 is 0.818 bits per heavy atom. The van der Waals surface area contributed by atoms with E-state index in [0.29, 0.717) is 22.8 Å². The van der Waals surface area contributed by atoms with Gasteiger partial charge in [0.2, 0.25) is 5.28 Å². The predicted molar refractivity (Wildman–Crippen MR) is 133 cm³/mol. The Morgan fingerprint density at radius 3 is 2.61 bits per heavy atom. The van der Waals surface area contributed by atoms with E-state index in [1.807, 2.05) is 42.1 Å². The summed E-state index contributed by atoms with van der Waals surface area (Å²) in [5.41, 5.74) is 4.73. The molecule has 6 heteroatoms. The molecule has 5 aromatic rings. The number of benzene rings is 3. The van der Waals surface area contributed by atoms with Crippen LogP contribution in [0, 0.1) is 0 Å². The molecule has 3 heterocycles. The zero-order valence-electron chi connectivity index (χ0n) is 17.3. The first-order chi connectivity index (χ1) is 16.2. The maximum Gasteiger partial charge on any atom is 0.226 e. The highest BCUT2D eigenvalue weighted by atomic mass is 35.5. The van der Waals surface area contributed by atoms with Crippen molar-refractivity contribution in [2.24, 2.45) is 0 Å². The molecule has 0 radical (unpaired) electrons. The van der Waals surface area contributed by atoms with Crippen LogP contribution in [0.2, 0.25) is 5.28 Å². The van der Waals surface area contributed by atoms with E-state index < -0.39 is 0 Å². The van der Waals surface area contributed by atoms with Gasteiger partial charge in [0.15, 0.2) is 11.6 Å². The summed E-state index contributed by atoms with van der Waals surface area (Å²) in [5, 5.41) is 2.58. The summed E-state index contributed by atoms with van der Waals surface area (Å²) >= 11 is 8.26. The smallest absolute Gasteiger partial charge is 0.226 e. The Hall–Kier alpha value is -3.41. The Labute approximate surface area is 199 Å². The van der Waals surface area contributed by atoms with Crippen LogP contribution >= 0.6 is 23.4 Å². The monoisotopic (exact) mass is 465 g/mol. The third-order valence-electron chi connectivity index (χ3n) is 6.23. The lowest BCUT2D eigenvalue weighted by Crippen LogP contribution is -2.10. The maximum absolute atomic E-state index is 6.38. The van der Waals surface area contributed by atoms with E-state index in [2.05, 4.69) is 64.6 Å². The largest absolute Gasteiger partial charge is 0.455 e. The Balaban J connectivity index is 1.33. The zero-order chi connectivity index (χ0) is 21.9. The van der Waals surface area contributed by atoms with Crippen molar-refractivity contribution < 1.29 is 4.42 Å². The molecule has 2 atom stereocenters. The molecule has 1 aliphatic heterocycles. The first-order valence-electron chi connectivity index (χ1n) is 10.7. The van der Waals surface area contributed by atoms with Gasteiger partial charge in [0.25, 0.3) is 0 Å². The molecule has 0 bridgehead atoms. The first-order valence-corrected chi connectivity index (χ1v) is 12.0. The van der Waals surface area contributed by atoms with Crippen molar-refractivity contribution in [2.45, 2.75) is 16.1 Å². The molecule has 158 valence electrons. The highest BCUT2D eigenvalue weighted by Gasteiger charge is 2.32. The SMILES string of the molecule is Clc1nc(C2=CC3Sc4ccccc4C3C=C2)nc(-c2cccc3c2oc2ccccc23)n1. The average Bonchev–Trinajstić information content (AvgIpc) is 3.41. The van der Waals surface area contributed by atoms with Crippen molar-refractivity contribution in [1.82, 2.24) is 15.0 Å². The van der Waals surface area contributed by atoms with Gasteiger partial charge in [-0.1, -0.05) is 66.8 Å². The van der Waals surface area contributed by atoms with Gasteiger partial charge in [-0.05, 0) is 35.4 Å². The quantitative estimate of drug-likeness (QED) is 0.273. The lowest BCUT2D eigenvalue weighted by molar-refractivity contribution is 0.669. The van der Waals surface area contributed by atoms with E-state index in [1.165, 1.54) is 10.5 Å². The molecule has 3 aromatic carbocycles. The van der Waals surface area contributed by atoms with Gasteiger partial charge in [0.05, 0.1) is 5.56 Å². The number of para-hydroxylation sites is 2. The number of allylic oxidation sites excluding steroid dienone is 3. The summed E-state index contributed by atoms with van der Waals surface area (Å²) in [6.45, 7) is 0.